The van der Waals surface area contributed by atoms with E-state index in [2.05, 4.69) is 5.10 Å². The van der Waals surface area contributed by atoms with Crippen molar-refractivity contribution in [3.63, 3.8) is 0 Å². The number of hydrogen-bond donors (Lipinski definition) is 1. The molecular formula is C13H15Cl2N3S. The molecular weight excluding hydrogens is 301 g/mol. The minimum atomic E-state index is 0.683. The molecule has 2 N–H and O–H groups in total. The molecule has 0 saturated heterocycles. The van der Waals surface area contributed by atoms with Crippen LogP contribution < -0.4 is 5.73 Å². The van der Waals surface area contributed by atoms with Gasteiger partial charge in [-0.1, -0.05) is 23.2 Å². The third-order valence-electron chi connectivity index (χ3n) is 2.79. The Kier molecular flexibility index (Phi) is 4.66. The number of nitrogens with two attached hydrogens (primary N) is 1. The van der Waals surface area contributed by atoms with Gasteiger partial charge >= 0.3 is 0 Å². The van der Waals surface area contributed by atoms with Gasteiger partial charge in [0.05, 0.1) is 16.4 Å². The monoisotopic (exact) mass is 315 g/mol. The molecule has 0 atom stereocenters. The molecule has 1 heterocycles. The number of aromatic nitrogens is 2. The zero-order valence-corrected chi connectivity index (χ0v) is 13.1. The minimum absolute atomic E-state index is 0.683. The molecule has 19 heavy (non-hydrogen) atoms. The number of aryl methyl sites for hydroxylation is 2. The summed E-state index contributed by atoms with van der Waals surface area (Å²) in [5.74, 6) is 0.720. The van der Waals surface area contributed by atoms with E-state index in [4.69, 9.17) is 28.9 Å². The van der Waals surface area contributed by atoms with Crippen LogP contribution in [0.15, 0.2) is 23.1 Å². The smallest absolute Gasteiger partial charge is 0.0855 e. The van der Waals surface area contributed by atoms with E-state index in [1.165, 1.54) is 0 Å². The van der Waals surface area contributed by atoms with Gasteiger partial charge in [-0.15, -0.1) is 11.8 Å². The Labute approximate surface area is 127 Å². The average molecular weight is 316 g/mol. The molecule has 0 saturated carbocycles. The summed E-state index contributed by atoms with van der Waals surface area (Å²) in [6.45, 7) is 4.76. The van der Waals surface area contributed by atoms with Crippen molar-refractivity contribution < 1.29 is 0 Å². The van der Waals surface area contributed by atoms with E-state index in [1.54, 1.807) is 17.8 Å². The van der Waals surface area contributed by atoms with Crippen molar-refractivity contribution in [1.82, 2.24) is 9.78 Å². The number of halogens is 2. The van der Waals surface area contributed by atoms with Crippen LogP contribution in [-0.2, 0) is 12.3 Å². The molecule has 0 aliphatic rings. The SMILES string of the molecule is CCn1nc(C)c(Cl)c1CSc1cc(Cl)ccc1N. The Morgan fingerprint density at radius 2 is 2.11 bits per heavy atom. The Balaban J connectivity index is 2.21. The van der Waals surface area contributed by atoms with Crippen molar-refractivity contribution in [3.8, 4) is 0 Å². The molecule has 0 unspecified atom stereocenters. The van der Waals surface area contributed by atoms with Crippen molar-refractivity contribution in [2.45, 2.75) is 31.0 Å². The van der Waals surface area contributed by atoms with E-state index in [-0.39, 0.29) is 0 Å². The van der Waals surface area contributed by atoms with Gasteiger partial charge in [0.25, 0.3) is 0 Å². The normalized spacial score (nSPS) is 10.9. The molecule has 6 heteroatoms. The lowest BCUT2D eigenvalue weighted by atomic mass is 10.3. The number of hydrogen-bond acceptors (Lipinski definition) is 3. The van der Waals surface area contributed by atoms with Crippen LogP contribution in [0.3, 0.4) is 0 Å². The largest absolute Gasteiger partial charge is 0.398 e. The van der Waals surface area contributed by atoms with Gasteiger partial charge in [-0.25, -0.2) is 0 Å². The van der Waals surface area contributed by atoms with E-state index >= 15 is 0 Å². The summed E-state index contributed by atoms with van der Waals surface area (Å²) < 4.78 is 1.92. The first-order chi connectivity index (χ1) is 9.02. The maximum atomic E-state index is 6.28. The standard InChI is InChI=1S/C13H15Cl2N3S/c1-3-18-11(13(15)8(2)17-18)7-19-12-6-9(14)4-5-10(12)16/h4-6H,3,7,16H2,1-2H3. The highest BCUT2D eigenvalue weighted by atomic mass is 35.5. The number of nitrogens with zero attached hydrogens (tertiary/aromatic N) is 2. The predicted octanol–water partition coefficient (Wildman–Crippen LogP) is 4.39. The van der Waals surface area contributed by atoms with Crippen molar-refractivity contribution in [2.24, 2.45) is 0 Å². The highest BCUT2D eigenvalue weighted by Gasteiger charge is 2.13. The molecule has 0 amide bonds. The van der Waals surface area contributed by atoms with Crippen LogP contribution >= 0.6 is 35.0 Å². The third-order valence-corrected chi connectivity index (χ3v) is 4.60. The fourth-order valence-electron chi connectivity index (χ4n) is 1.79. The van der Waals surface area contributed by atoms with Crippen LogP contribution in [0.2, 0.25) is 10.0 Å². The van der Waals surface area contributed by atoms with Crippen LogP contribution in [-0.4, -0.2) is 9.78 Å². The fourth-order valence-corrected chi connectivity index (χ4v) is 3.33. The zero-order valence-electron chi connectivity index (χ0n) is 10.8. The van der Waals surface area contributed by atoms with Crippen molar-refractivity contribution in [2.75, 3.05) is 5.73 Å². The second kappa shape index (κ2) is 6.07. The highest BCUT2D eigenvalue weighted by Crippen LogP contribution is 2.33. The van der Waals surface area contributed by atoms with Crippen molar-refractivity contribution in [3.05, 3.63) is 39.6 Å². The van der Waals surface area contributed by atoms with Gasteiger partial charge in [0.2, 0.25) is 0 Å². The summed E-state index contributed by atoms with van der Waals surface area (Å²) in [5.41, 5.74) is 8.54. The lowest BCUT2D eigenvalue weighted by Gasteiger charge is -2.08. The average Bonchev–Trinajstić information content (AvgIpc) is 2.66. The summed E-state index contributed by atoms with van der Waals surface area (Å²) in [7, 11) is 0. The summed E-state index contributed by atoms with van der Waals surface area (Å²) in [5, 5.41) is 5.81. The number of thioether (sulfide) groups is 1. The van der Waals surface area contributed by atoms with Crippen molar-refractivity contribution >= 4 is 40.7 Å². The van der Waals surface area contributed by atoms with Crippen LogP contribution in [0.1, 0.15) is 18.3 Å². The second-order valence-corrected chi connectivity index (χ2v) is 5.96. The maximum Gasteiger partial charge on any atom is 0.0855 e. The quantitative estimate of drug-likeness (QED) is 0.672. The Morgan fingerprint density at radius 1 is 1.37 bits per heavy atom. The summed E-state index contributed by atoms with van der Waals surface area (Å²) in [6.07, 6.45) is 0. The maximum absolute atomic E-state index is 6.28. The van der Waals surface area contributed by atoms with Crippen LogP contribution in [0, 0.1) is 6.92 Å². The van der Waals surface area contributed by atoms with E-state index < -0.39 is 0 Å². The third kappa shape index (κ3) is 3.19. The predicted molar refractivity (Wildman–Crippen MR) is 83.1 cm³/mol. The van der Waals surface area contributed by atoms with E-state index in [9.17, 15) is 0 Å². The van der Waals surface area contributed by atoms with Gasteiger partial charge in [-0.05, 0) is 32.0 Å². The lowest BCUT2D eigenvalue weighted by Crippen LogP contribution is -2.01. The number of nitrogen functional groups attached to an aromatic ring is 1. The molecule has 2 rings (SSSR count). The van der Waals surface area contributed by atoms with Gasteiger partial charge in [-0.2, -0.15) is 5.10 Å². The molecule has 0 spiro atoms. The van der Waals surface area contributed by atoms with Gasteiger partial charge in [-0.3, -0.25) is 4.68 Å². The van der Waals surface area contributed by atoms with Crippen molar-refractivity contribution in [1.29, 1.82) is 0 Å². The molecule has 0 fully saturated rings. The molecule has 0 radical (unpaired) electrons. The molecule has 1 aromatic heterocycles. The van der Waals surface area contributed by atoms with E-state index in [0.29, 0.717) is 5.02 Å². The number of anilines is 1. The zero-order chi connectivity index (χ0) is 14.0. The fraction of sp³-hybridized carbons (Fsp3) is 0.308. The molecule has 1 aromatic carbocycles. The molecule has 0 aliphatic heterocycles. The van der Waals surface area contributed by atoms with Gasteiger partial charge in [0, 0.05) is 27.9 Å². The van der Waals surface area contributed by atoms with Crippen LogP contribution in [0.25, 0.3) is 0 Å². The number of rotatable bonds is 4. The Hall–Kier alpha value is -0.840. The first kappa shape index (κ1) is 14.6. The molecule has 0 bridgehead atoms. The van der Waals surface area contributed by atoms with Crippen LogP contribution in [0.5, 0.6) is 0 Å². The first-order valence-electron chi connectivity index (χ1n) is 5.92. The van der Waals surface area contributed by atoms with Gasteiger partial charge in [0.1, 0.15) is 0 Å². The molecule has 0 aliphatic carbocycles. The van der Waals surface area contributed by atoms with Crippen LogP contribution in [0.4, 0.5) is 5.69 Å². The molecule has 2 aromatic rings. The number of benzene rings is 1. The topological polar surface area (TPSA) is 43.8 Å². The Bertz CT molecular complexity index is 596. The molecule has 3 nitrogen and oxygen atoms in total. The summed E-state index contributed by atoms with van der Waals surface area (Å²) in [4.78, 5) is 0.963. The minimum Gasteiger partial charge on any atom is -0.398 e. The molecule has 102 valence electrons. The van der Waals surface area contributed by atoms with Gasteiger partial charge < -0.3 is 5.73 Å². The second-order valence-electron chi connectivity index (χ2n) is 4.13. The van der Waals surface area contributed by atoms with E-state index in [1.807, 2.05) is 30.7 Å². The van der Waals surface area contributed by atoms with E-state index in [0.717, 1.165) is 39.3 Å². The lowest BCUT2D eigenvalue weighted by molar-refractivity contribution is 0.632. The highest BCUT2D eigenvalue weighted by molar-refractivity contribution is 7.98. The first-order valence-corrected chi connectivity index (χ1v) is 7.66. The Morgan fingerprint density at radius 3 is 2.79 bits per heavy atom. The summed E-state index contributed by atoms with van der Waals surface area (Å²) in [6, 6.07) is 5.47. The van der Waals surface area contributed by atoms with Gasteiger partial charge in [0.15, 0.2) is 0 Å². The summed E-state index contributed by atoms with van der Waals surface area (Å²) >= 11 is 13.9.